The molecule has 0 bridgehead atoms. The molecule has 2 rings (SSSR count). The first-order valence-corrected chi connectivity index (χ1v) is 7.54. The average Bonchev–Trinajstić information content (AvgIpc) is 3.11. The molecule has 1 aliphatic carbocycles. The van der Waals surface area contributed by atoms with Crippen LogP contribution in [0.25, 0.3) is 0 Å². The first-order valence-electron chi connectivity index (χ1n) is 7.54. The summed E-state index contributed by atoms with van der Waals surface area (Å²) in [5.74, 6) is 0.460. The van der Waals surface area contributed by atoms with Gasteiger partial charge in [0.15, 0.2) is 0 Å². The van der Waals surface area contributed by atoms with E-state index in [1.165, 1.54) is 0 Å². The summed E-state index contributed by atoms with van der Waals surface area (Å²) in [5.41, 5.74) is -0.677. The number of amides is 2. The predicted molar refractivity (Wildman–Crippen MR) is 74.6 cm³/mol. The van der Waals surface area contributed by atoms with Crippen LogP contribution in [0.15, 0.2) is 0 Å². The molecule has 3 unspecified atom stereocenters. The maximum absolute atomic E-state index is 12.9. The van der Waals surface area contributed by atoms with Crippen LogP contribution in [0.4, 0.5) is 0 Å². The Morgan fingerprint density at radius 2 is 2.05 bits per heavy atom. The number of rotatable bonds is 4. The summed E-state index contributed by atoms with van der Waals surface area (Å²) in [6.45, 7) is 8.13. The Morgan fingerprint density at radius 3 is 2.58 bits per heavy atom. The third-order valence-electron chi connectivity index (χ3n) is 4.61. The molecule has 0 aromatic heterocycles. The maximum atomic E-state index is 12.9. The molecule has 3 atom stereocenters. The smallest absolute Gasteiger partial charge is 0.248 e. The van der Waals surface area contributed by atoms with Gasteiger partial charge in [-0.25, -0.2) is 0 Å². The largest absolute Gasteiger partial charge is 0.342 e. The zero-order chi connectivity index (χ0) is 14.2. The van der Waals surface area contributed by atoms with Crippen molar-refractivity contribution < 1.29 is 9.59 Å². The molecule has 0 spiro atoms. The van der Waals surface area contributed by atoms with Crippen molar-refractivity contribution in [2.24, 2.45) is 5.92 Å². The molecule has 4 heteroatoms. The van der Waals surface area contributed by atoms with Gasteiger partial charge in [-0.3, -0.25) is 9.59 Å². The lowest BCUT2D eigenvalue weighted by Crippen LogP contribution is -2.59. The van der Waals surface area contributed by atoms with Crippen LogP contribution >= 0.6 is 0 Å². The lowest BCUT2D eigenvalue weighted by atomic mass is 9.93. The minimum absolute atomic E-state index is 0.00498. The number of nitrogens with one attached hydrogen (secondary N) is 1. The van der Waals surface area contributed by atoms with Crippen molar-refractivity contribution in [1.29, 1.82) is 0 Å². The van der Waals surface area contributed by atoms with Crippen molar-refractivity contribution in [2.45, 2.75) is 77.4 Å². The Balaban J connectivity index is 2.29. The van der Waals surface area contributed by atoms with Gasteiger partial charge in [-0.2, -0.15) is 0 Å². The van der Waals surface area contributed by atoms with Gasteiger partial charge in [-0.1, -0.05) is 13.3 Å². The Bertz CT molecular complexity index is 378. The highest BCUT2D eigenvalue weighted by Crippen LogP contribution is 2.42. The van der Waals surface area contributed by atoms with E-state index in [0.717, 1.165) is 25.7 Å². The molecule has 108 valence electrons. The second kappa shape index (κ2) is 5.14. The van der Waals surface area contributed by atoms with E-state index < -0.39 is 5.54 Å². The molecule has 2 aliphatic rings. The van der Waals surface area contributed by atoms with Gasteiger partial charge in [-0.15, -0.1) is 0 Å². The van der Waals surface area contributed by atoms with Crippen molar-refractivity contribution in [3.63, 3.8) is 0 Å². The fourth-order valence-corrected chi connectivity index (χ4v) is 3.36. The monoisotopic (exact) mass is 266 g/mol. The van der Waals surface area contributed by atoms with E-state index in [1.54, 1.807) is 0 Å². The minimum Gasteiger partial charge on any atom is -0.342 e. The van der Waals surface area contributed by atoms with Crippen LogP contribution in [0.2, 0.25) is 0 Å². The highest BCUT2D eigenvalue weighted by atomic mass is 16.2. The number of carbonyl (C=O) groups excluding carboxylic acids is 2. The first kappa shape index (κ1) is 14.4. The second-order valence-corrected chi connectivity index (χ2v) is 6.43. The molecule has 0 radical (unpaired) electrons. The van der Waals surface area contributed by atoms with E-state index >= 15 is 0 Å². The van der Waals surface area contributed by atoms with Crippen LogP contribution in [0.5, 0.6) is 0 Å². The summed E-state index contributed by atoms with van der Waals surface area (Å²) in [5, 5.41) is 2.99. The van der Waals surface area contributed by atoms with Crippen LogP contribution in [0.3, 0.4) is 0 Å². The van der Waals surface area contributed by atoms with Gasteiger partial charge in [0.05, 0.1) is 0 Å². The predicted octanol–water partition coefficient (Wildman–Crippen LogP) is 2.08. The number of hydrogen-bond donors (Lipinski definition) is 1. The SMILES string of the molecule is CCCC(C)N1C(=O)C(C)(C2CC2)NC(=O)CC1C. The normalized spacial score (nSPS) is 33.9. The van der Waals surface area contributed by atoms with Gasteiger partial charge in [0.1, 0.15) is 5.54 Å². The Morgan fingerprint density at radius 1 is 1.42 bits per heavy atom. The van der Waals surface area contributed by atoms with Gasteiger partial charge in [0, 0.05) is 18.5 Å². The van der Waals surface area contributed by atoms with Crippen LogP contribution in [-0.2, 0) is 9.59 Å². The summed E-state index contributed by atoms with van der Waals surface area (Å²) in [6.07, 6.45) is 4.56. The highest BCUT2D eigenvalue weighted by Gasteiger charge is 2.52. The van der Waals surface area contributed by atoms with E-state index in [9.17, 15) is 9.59 Å². The standard InChI is InChI=1S/C15H26N2O2/c1-5-6-10(2)17-11(3)9-13(18)16-15(4,14(17)19)12-7-8-12/h10-12H,5-9H2,1-4H3,(H,16,18). The summed E-state index contributed by atoms with van der Waals surface area (Å²) < 4.78 is 0. The number of carbonyl (C=O) groups is 2. The van der Waals surface area contributed by atoms with Crippen LogP contribution < -0.4 is 5.32 Å². The van der Waals surface area contributed by atoms with Crippen molar-refractivity contribution in [3.8, 4) is 0 Å². The zero-order valence-electron chi connectivity index (χ0n) is 12.5. The molecular weight excluding hydrogens is 240 g/mol. The quantitative estimate of drug-likeness (QED) is 0.847. The van der Waals surface area contributed by atoms with E-state index in [-0.39, 0.29) is 23.9 Å². The van der Waals surface area contributed by atoms with Gasteiger partial charge >= 0.3 is 0 Å². The molecule has 19 heavy (non-hydrogen) atoms. The van der Waals surface area contributed by atoms with Crippen LogP contribution in [0.1, 0.15) is 59.8 Å². The molecule has 0 aromatic rings. The Hall–Kier alpha value is -1.06. The second-order valence-electron chi connectivity index (χ2n) is 6.43. The molecule has 1 heterocycles. The van der Waals surface area contributed by atoms with Gasteiger partial charge in [0.25, 0.3) is 0 Å². The molecule has 2 fully saturated rings. The van der Waals surface area contributed by atoms with Gasteiger partial charge in [-0.05, 0) is 46.0 Å². The summed E-state index contributed by atoms with van der Waals surface area (Å²) in [7, 11) is 0. The van der Waals surface area contributed by atoms with Gasteiger partial charge in [0.2, 0.25) is 11.8 Å². The van der Waals surface area contributed by atoms with Crippen molar-refractivity contribution >= 4 is 11.8 Å². The molecule has 1 aliphatic heterocycles. The summed E-state index contributed by atoms with van der Waals surface area (Å²) >= 11 is 0. The lowest BCUT2D eigenvalue weighted by molar-refractivity contribution is -0.142. The molecule has 1 N–H and O–H groups in total. The molecule has 1 saturated carbocycles. The van der Waals surface area contributed by atoms with Crippen LogP contribution in [0, 0.1) is 5.92 Å². The van der Waals surface area contributed by atoms with Gasteiger partial charge < -0.3 is 10.2 Å². The van der Waals surface area contributed by atoms with Crippen molar-refractivity contribution in [1.82, 2.24) is 10.2 Å². The van der Waals surface area contributed by atoms with Crippen molar-refractivity contribution in [2.75, 3.05) is 0 Å². The molecule has 2 amide bonds. The summed E-state index contributed by atoms with van der Waals surface area (Å²) in [4.78, 5) is 26.9. The third-order valence-corrected chi connectivity index (χ3v) is 4.61. The average molecular weight is 266 g/mol. The lowest BCUT2D eigenvalue weighted by Gasteiger charge is -2.38. The fourth-order valence-electron chi connectivity index (χ4n) is 3.36. The maximum Gasteiger partial charge on any atom is 0.248 e. The Kier molecular flexibility index (Phi) is 3.88. The van der Waals surface area contributed by atoms with E-state index in [0.29, 0.717) is 12.3 Å². The fraction of sp³-hybridized carbons (Fsp3) is 0.867. The number of hydrogen-bond acceptors (Lipinski definition) is 2. The summed E-state index contributed by atoms with van der Waals surface area (Å²) in [6, 6.07) is 0.202. The molecule has 1 saturated heterocycles. The van der Waals surface area contributed by atoms with E-state index in [2.05, 4.69) is 19.2 Å². The number of nitrogens with zero attached hydrogens (tertiary/aromatic N) is 1. The van der Waals surface area contributed by atoms with Crippen LogP contribution in [-0.4, -0.2) is 34.3 Å². The molecule has 4 nitrogen and oxygen atoms in total. The topological polar surface area (TPSA) is 49.4 Å². The van der Waals surface area contributed by atoms with Crippen molar-refractivity contribution in [3.05, 3.63) is 0 Å². The zero-order valence-corrected chi connectivity index (χ0v) is 12.5. The minimum atomic E-state index is -0.677. The molecular formula is C15H26N2O2. The third kappa shape index (κ3) is 2.63. The Labute approximate surface area is 115 Å². The molecule has 0 aromatic carbocycles. The van der Waals surface area contributed by atoms with E-state index in [4.69, 9.17) is 0 Å². The highest BCUT2D eigenvalue weighted by molar-refractivity contribution is 5.94. The van der Waals surface area contributed by atoms with E-state index in [1.807, 2.05) is 18.7 Å². The first-order chi connectivity index (χ1) is 8.90.